The average molecular weight is 716 g/mol. The van der Waals surface area contributed by atoms with Crippen molar-refractivity contribution in [2.24, 2.45) is 5.10 Å². The van der Waals surface area contributed by atoms with Crippen LogP contribution >= 0.6 is 45.2 Å². The predicted octanol–water partition coefficient (Wildman–Crippen LogP) is 7.54. The van der Waals surface area contributed by atoms with Crippen LogP contribution in [0.15, 0.2) is 88.4 Å². The molecule has 0 aliphatic carbocycles. The molecule has 0 radical (unpaired) electrons. The molecule has 0 atom stereocenters. The van der Waals surface area contributed by atoms with Gasteiger partial charge in [0.2, 0.25) is 0 Å². The molecule has 1 N–H and O–H groups in total. The molecule has 0 bridgehead atoms. The fourth-order valence-corrected chi connectivity index (χ4v) is 6.10. The molecular weight excluding hydrogens is 694 g/mol. The molecule has 1 heterocycles. The third-order valence-electron chi connectivity index (χ3n) is 5.67. The fraction of sp³-hybridized carbons (Fsp3) is 0.103. The molecule has 0 aliphatic heterocycles. The van der Waals surface area contributed by atoms with E-state index in [2.05, 4.69) is 80.0 Å². The Kier molecular flexibility index (Phi) is 7.94. The molecule has 6 nitrogen and oxygen atoms in total. The van der Waals surface area contributed by atoms with E-state index in [0.717, 1.165) is 35.2 Å². The number of carbonyl (C=O) groups is 1. The Balaban J connectivity index is 1.25. The quantitative estimate of drug-likeness (QED) is 0.102. The Hall–Kier alpha value is -3.12. The number of amides is 1. The van der Waals surface area contributed by atoms with Gasteiger partial charge in [0, 0.05) is 5.39 Å². The molecule has 0 fully saturated rings. The lowest BCUT2D eigenvalue weighted by atomic mass is 10.1. The number of carbonyl (C=O) groups excluding carboxylic acids is 1. The summed E-state index contributed by atoms with van der Waals surface area (Å²) in [5.41, 5.74) is 5.13. The molecule has 37 heavy (non-hydrogen) atoms. The lowest BCUT2D eigenvalue weighted by Crippen LogP contribution is -2.16. The van der Waals surface area contributed by atoms with Gasteiger partial charge in [-0.15, -0.1) is 0 Å². The average Bonchev–Trinajstić information content (AvgIpc) is 3.32. The third kappa shape index (κ3) is 5.90. The Morgan fingerprint density at radius 2 is 1.73 bits per heavy atom. The minimum atomic E-state index is -0.426. The summed E-state index contributed by atoms with van der Waals surface area (Å²) in [4.78, 5) is 12.5. The summed E-state index contributed by atoms with van der Waals surface area (Å²) in [6.07, 6.45) is 1.60. The lowest BCUT2D eigenvalue weighted by molar-refractivity contribution is 0.0929. The van der Waals surface area contributed by atoms with Gasteiger partial charge < -0.3 is 13.9 Å². The molecule has 0 spiro atoms. The summed E-state index contributed by atoms with van der Waals surface area (Å²) in [7, 11) is 0. The molecule has 1 aromatic heterocycles. The van der Waals surface area contributed by atoms with Crippen LogP contribution in [0.25, 0.3) is 21.7 Å². The summed E-state index contributed by atoms with van der Waals surface area (Å²) in [6.45, 7) is 2.96. The third-order valence-corrected chi connectivity index (χ3v) is 7.28. The van der Waals surface area contributed by atoms with Crippen molar-refractivity contribution in [2.75, 3.05) is 6.61 Å². The van der Waals surface area contributed by atoms with E-state index in [9.17, 15) is 4.79 Å². The van der Waals surface area contributed by atoms with Gasteiger partial charge >= 0.3 is 5.91 Å². The van der Waals surface area contributed by atoms with Gasteiger partial charge in [-0.1, -0.05) is 42.5 Å². The van der Waals surface area contributed by atoms with Crippen LogP contribution in [0.4, 0.5) is 0 Å². The van der Waals surface area contributed by atoms with E-state index < -0.39 is 5.91 Å². The van der Waals surface area contributed by atoms with E-state index in [1.54, 1.807) is 18.3 Å². The highest BCUT2D eigenvalue weighted by Crippen LogP contribution is 2.30. The number of hydrogen-bond donors (Lipinski definition) is 1. The Labute approximate surface area is 241 Å². The maximum Gasteiger partial charge on any atom is 0.307 e. The van der Waals surface area contributed by atoms with Gasteiger partial charge in [-0.05, 0) is 110 Å². The van der Waals surface area contributed by atoms with Crippen molar-refractivity contribution in [3.8, 4) is 11.5 Å². The van der Waals surface area contributed by atoms with Crippen molar-refractivity contribution < 1.29 is 18.7 Å². The van der Waals surface area contributed by atoms with Crippen LogP contribution in [0.5, 0.6) is 11.5 Å². The molecule has 8 heteroatoms. The fourth-order valence-electron chi connectivity index (χ4n) is 3.97. The van der Waals surface area contributed by atoms with Gasteiger partial charge in [0.15, 0.2) is 5.76 Å². The zero-order chi connectivity index (χ0) is 25.8. The number of fused-ring (bicyclic) bond motifs is 2. The number of nitrogens with zero attached hydrogens (tertiary/aromatic N) is 1. The van der Waals surface area contributed by atoms with E-state index in [1.165, 1.54) is 10.8 Å². The Bertz CT molecular complexity index is 1600. The largest absolute Gasteiger partial charge is 0.494 e. The molecule has 0 saturated carbocycles. The van der Waals surface area contributed by atoms with Crippen LogP contribution in [-0.2, 0) is 6.61 Å². The highest BCUT2D eigenvalue weighted by molar-refractivity contribution is 14.1. The molecular formula is C29H22I2N2O4. The van der Waals surface area contributed by atoms with Gasteiger partial charge in [0.1, 0.15) is 23.7 Å². The van der Waals surface area contributed by atoms with Crippen molar-refractivity contribution >= 4 is 79.0 Å². The number of furan rings is 1. The predicted molar refractivity (Wildman–Crippen MR) is 163 cm³/mol. The van der Waals surface area contributed by atoms with E-state index in [4.69, 9.17) is 13.9 Å². The maximum atomic E-state index is 12.5. The molecule has 5 rings (SSSR count). The Morgan fingerprint density at radius 1 is 0.946 bits per heavy atom. The SMILES string of the molecule is CCOc1ccc2oc(C(=O)N/N=C/c3cc(I)c(OCc4cccc5ccccc45)c(I)c3)cc2c1. The molecule has 1 amide bonds. The number of rotatable bonds is 8. The molecule has 5 aromatic rings. The second-order valence-electron chi connectivity index (χ2n) is 8.18. The topological polar surface area (TPSA) is 73.1 Å². The van der Waals surface area contributed by atoms with E-state index >= 15 is 0 Å². The summed E-state index contributed by atoms with van der Waals surface area (Å²) >= 11 is 4.52. The maximum absolute atomic E-state index is 12.5. The number of hydrazone groups is 1. The summed E-state index contributed by atoms with van der Waals surface area (Å²) in [5, 5.41) is 7.30. The standard InChI is InChI=1S/C29H22I2N2O4/c1-2-35-22-10-11-26-21(14-22)15-27(37-26)29(34)33-32-16-18-12-24(30)28(25(31)13-18)36-17-20-8-5-7-19-6-3-4-9-23(19)20/h3-16H,2,17H2,1H3,(H,33,34)/b32-16+. The molecule has 0 unspecified atom stereocenters. The first-order valence-corrected chi connectivity index (χ1v) is 13.8. The first kappa shape index (κ1) is 25.5. The second kappa shape index (κ2) is 11.5. The van der Waals surface area contributed by atoms with Crippen molar-refractivity contribution in [3.05, 3.63) is 103 Å². The monoisotopic (exact) mass is 716 g/mol. The van der Waals surface area contributed by atoms with Crippen LogP contribution in [0.2, 0.25) is 0 Å². The smallest absolute Gasteiger partial charge is 0.307 e. The summed E-state index contributed by atoms with van der Waals surface area (Å²) in [5.74, 6) is 1.31. The highest BCUT2D eigenvalue weighted by Gasteiger charge is 2.13. The van der Waals surface area contributed by atoms with E-state index in [-0.39, 0.29) is 5.76 Å². The lowest BCUT2D eigenvalue weighted by Gasteiger charge is -2.13. The molecule has 186 valence electrons. The van der Waals surface area contributed by atoms with Crippen molar-refractivity contribution in [2.45, 2.75) is 13.5 Å². The van der Waals surface area contributed by atoms with E-state index in [0.29, 0.717) is 18.8 Å². The minimum absolute atomic E-state index is 0.183. The number of hydrogen-bond acceptors (Lipinski definition) is 5. The van der Waals surface area contributed by atoms with Crippen molar-refractivity contribution in [1.82, 2.24) is 5.43 Å². The van der Waals surface area contributed by atoms with Crippen LogP contribution in [-0.4, -0.2) is 18.7 Å². The van der Waals surface area contributed by atoms with Crippen LogP contribution in [0.3, 0.4) is 0 Å². The van der Waals surface area contributed by atoms with Crippen LogP contribution in [0.1, 0.15) is 28.6 Å². The van der Waals surface area contributed by atoms with Gasteiger partial charge in [0.25, 0.3) is 0 Å². The minimum Gasteiger partial charge on any atom is -0.494 e. The van der Waals surface area contributed by atoms with Gasteiger partial charge in [-0.2, -0.15) is 5.10 Å². The number of halogens is 2. The number of nitrogens with one attached hydrogen (secondary N) is 1. The first-order valence-electron chi connectivity index (χ1n) is 11.6. The van der Waals surface area contributed by atoms with Crippen LogP contribution in [0, 0.1) is 7.14 Å². The van der Waals surface area contributed by atoms with Gasteiger partial charge in [0.05, 0.1) is 20.0 Å². The molecule has 4 aromatic carbocycles. The highest BCUT2D eigenvalue weighted by atomic mass is 127. The molecule has 0 aliphatic rings. The zero-order valence-corrected chi connectivity index (χ0v) is 24.1. The van der Waals surface area contributed by atoms with Crippen LogP contribution < -0.4 is 14.9 Å². The van der Waals surface area contributed by atoms with Crippen molar-refractivity contribution in [1.29, 1.82) is 0 Å². The Morgan fingerprint density at radius 3 is 2.54 bits per heavy atom. The second-order valence-corrected chi connectivity index (χ2v) is 10.5. The van der Waals surface area contributed by atoms with Gasteiger partial charge in [-0.25, -0.2) is 5.43 Å². The number of ether oxygens (including phenoxy) is 2. The number of benzene rings is 4. The summed E-state index contributed by atoms with van der Waals surface area (Å²) in [6, 6.07) is 25.6. The normalized spacial score (nSPS) is 11.3. The van der Waals surface area contributed by atoms with Gasteiger partial charge in [-0.3, -0.25) is 4.79 Å². The zero-order valence-electron chi connectivity index (χ0n) is 19.8. The summed E-state index contributed by atoms with van der Waals surface area (Å²) < 4.78 is 19.3. The molecule has 0 saturated heterocycles. The van der Waals surface area contributed by atoms with Crippen molar-refractivity contribution in [3.63, 3.8) is 0 Å². The van der Waals surface area contributed by atoms with E-state index in [1.807, 2.05) is 49.4 Å². The first-order chi connectivity index (χ1) is 18.0.